The number of para-hydroxylation sites is 1. The van der Waals surface area contributed by atoms with Gasteiger partial charge in [0.25, 0.3) is 5.91 Å². The van der Waals surface area contributed by atoms with E-state index < -0.39 is 0 Å². The van der Waals surface area contributed by atoms with Gasteiger partial charge in [0.1, 0.15) is 0 Å². The Labute approximate surface area is 155 Å². The third-order valence-corrected chi connectivity index (χ3v) is 4.87. The molecule has 3 nitrogen and oxygen atoms in total. The maximum atomic E-state index is 13.5. The zero-order chi connectivity index (χ0) is 18.4. The fraction of sp³-hybridized carbons (Fsp3) is 0.261. The van der Waals surface area contributed by atoms with Gasteiger partial charge >= 0.3 is 0 Å². The van der Waals surface area contributed by atoms with Crippen molar-refractivity contribution in [2.75, 3.05) is 31.1 Å². The molecule has 0 atom stereocenters. The van der Waals surface area contributed by atoms with Crippen LogP contribution in [0, 0.1) is 0 Å². The van der Waals surface area contributed by atoms with E-state index in [9.17, 15) is 4.79 Å². The van der Waals surface area contributed by atoms with Crippen LogP contribution in [0.4, 0.5) is 5.69 Å². The van der Waals surface area contributed by atoms with Gasteiger partial charge in [0.15, 0.2) is 0 Å². The summed E-state index contributed by atoms with van der Waals surface area (Å²) >= 11 is 0. The van der Waals surface area contributed by atoms with Crippen molar-refractivity contribution in [3.8, 4) is 0 Å². The molecule has 0 fully saturated rings. The number of carbonyl (C=O) groups is 1. The van der Waals surface area contributed by atoms with Gasteiger partial charge in [0, 0.05) is 24.3 Å². The monoisotopic (exact) mass is 346 g/mol. The SMILES string of the molecule is CCN(CC)CCN(C(=O)c1cccc2ccccc12)c1ccccc1. The van der Waals surface area contributed by atoms with E-state index in [0.717, 1.165) is 41.7 Å². The molecule has 1 amide bonds. The summed E-state index contributed by atoms with van der Waals surface area (Å²) in [5, 5.41) is 2.10. The number of rotatable bonds is 7. The Kier molecular flexibility index (Phi) is 6.03. The molecular weight excluding hydrogens is 320 g/mol. The molecule has 0 unspecified atom stereocenters. The molecule has 0 radical (unpaired) electrons. The number of anilines is 1. The van der Waals surface area contributed by atoms with E-state index in [1.54, 1.807) is 0 Å². The van der Waals surface area contributed by atoms with Crippen LogP contribution >= 0.6 is 0 Å². The number of hydrogen-bond acceptors (Lipinski definition) is 2. The normalized spacial score (nSPS) is 11.0. The van der Waals surface area contributed by atoms with Crippen LogP contribution < -0.4 is 4.90 Å². The summed E-state index contributed by atoms with van der Waals surface area (Å²) in [4.78, 5) is 17.7. The smallest absolute Gasteiger partial charge is 0.258 e. The summed E-state index contributed by atoms with van der Waals surface area (Å²) in [7, 11) is 0. The maximum Gasteiger partial charge on any atom is 0.258 e. The van der Waals surface area contributed by atoms with Crippen molar-refractivity contribution in [3.05, 3.63) is 78.4 Å². The lowest BCUT2D eigenvalue weighted by Crippen LogP contribution is -2.39. The van der Waals surface area contributed by atoms with Crippen molar-refractivity contribution < 1.29 is 4.79 Å². The molecule has 0 spiro atoms. The van der Waals surface area contributed by atoms with Crippen LogP contribution in [0.15, 0.2) is 72.8 Å². The molecule has 0 N–H and O–H groups in total. The Hall–Kier alpha value is -2.65. The molecule has 0 aliphatic rings. The van der Waals surface area contributed by atoms with Crippen LogP contribution in [-0.4, -0.2) is 37.0 Å². The fourth-order valence-electron chi connectivity index (χ4n) is 3.29. The van der Waals surface area contributed by atoms with Crippen LogP contribution in [0.5, 0.6) is 0 Å². The summed E-state index contributed by atoms with van der Waals surface area (Å²) in [6, 6.07) is 24.0. The van der Waals surface area contributed by atoms with Gasteiger partial charge in [-0.15, -0.1) is 0 Å². The molecule has 3 rings (SSSR count). The van der Waals surface area contributed by atoms with Gasteiger partial charge in [-0.3, -0.25) is 4.79 Å². The molecule has 0 saturated carbocycles. The van der Waals surface area contributed by atoms with Gasteiger partial charge in [-0.25, -0.2) is 0 Å². The van der Waals surface area contributed by atoms with E-state index in [-0.39, 0.29) is 5.91 Å². The molecule has 0 bridgehead atoms. The van der Waals surface area contributed by atoms with E-state index in [4.69, 9.17) is 0 Å². The van der Waals surface area contributed by atoms with Crippen molar-refractivity contribution in [1.29, 1.82) is 0 Å². The molecule has 3 aromatic rings. The molecule has 3 aromatic carbocycles. The Balaban J connectivity index is 1.96. The van der Waals surface area contributed by atoms with Crippen molar-refractivity contribution in [1.82, 2.24) is 4.90 Å². The highest BCUT2D eigenvalue weighted by molar-refractivity contribution is 6.14. The second kappa shape index (κ2) is 8.63. The number of fused-ring (bicyclic) bond motifs is 1. The van der Waals surface area contributed by atoms with E-state index in [0.29, 0.717) is 6.54 Å². The lowest BCUT2D eigenvalue weighted by Gasteiger charge is -2.27. The molecule has 0 saturated heterocycles. The van der Waals surface area contributed by atoms with Gasteiger partial charge in [-0.05, 0) is 42.1 Å². The molecule has 0 aromatic heterocycles. The first-order valence-electron chi connectivity index (χ1n) is 9.31. The summed E-state index contributed by atoms with van der Waals surface area (Å²) < 4.78 is 0. The molecule has 134 valence electrons. The first kappa shape index (κ1) is 18.2. The lowest BCUT2D eigenvalue weighted by molar-refractivity contribution is 0.0985. The third kappa shape index (κ3) is 3.94. The third-order valence-electron chi connectivity index (χ3n) is 4.87. The minimum atomic E-state index is 0.0557. The van der Waals surface area contributed by atoms with E-state index in [1.807, 2.05) is 65.6 Å². The number of benzene rings is 3. The van der Waals surface area contributed by atoms with Gasteiger partial charge in [-0.2, -0.15) is 0 Å². The van der Waals surface area contributed by atoms with Gasteiger partial charge in [0.05, 0.1) is 0 Å². The standard InChI is InChI=1S/C23H26N2O/c1-3-24(4-2)17-18-25(20-13-6-5-7-14-20)23(26)22-16-10-12-19-11-8-9-15-21(19)22/h5-16H,3-4,17-18H2,1-2H3. The predicted molar refractivity (Wildman–Crippen MR) is 110 cm³/mol. The number of nitrogens with zero attached hydrogens (tertiary/aromatic N) is 2. The average Bonchev–Trinajstić information content (AvgIpc) is 2.71. The predicted octanol–water partition coefficient (Wildman–Crippen LogP) is 4.83. The molecule has 26 heavy (non-hydrogen) atoms. The summed E-state index contributed by atoms with van der Waals surface area (Å²) in [6.45, 7) is 7.82. The van der Waals surface area contributed by atoms with Crippen LogP contribution in [0.3, 0.4) is 0 Å². The minimum absolute atomic E-state index is 0.0557. The summed E-state index contributed by atoms with van der Waals surface area (Å²) in [5.41, 5.74) is 1.70. The number of likely N-dealkylation sites (N-methyl/N-ethyl adjacent to an activating group) is 1. The van der Waals surface area contributed by atoms with Crippen molar-refractivity contribution in [2.45, 2.75) is 13.8 Å². The van der Waals surface area contributed by atoms with Crippen molar-refractivity contribution in [2.24, 2.45) is 0 Å². The largest absolute Gasteiger partial charge is 0.307 e. The average molecular weight is 346 g/mol. The first-order valence-corrected chi connectivity index (χ1v) is 9.31. The quantitative estimate of drug-likeness (QED) is 0.612. The topological polar surface area (TPSA) is 23.6 Å². The Bertz CT molecular complexity index is 851. The molecule has 0 aliphatic heterocycles. The highest BCUT2D eigenvalue weighted by atomic mass is 16.2. The molecule has 3 heteroatoms. The van der Waals surface area contributed by atoms with Gasteiger partial charge in [0.2, 0.25) is 0 Å². The highest BCUT2D eigenvalue weighted by Crippen LogP contribution is 2.23. The van der Waals surface area contributed by atoms with Crippen LogP contribution in [0.1, 0.15) is 24.2 Å². The Morgan fingerprint density at radius 2 is 1.42 bits per heavy atom. The summed E-state index contributed by atoms with van der Waals surface area (Å²) in [5.74, 6) is 0.0557. The highest BCUT2D eigenvalue weighted by Gasteiger charge is 2.20. The number of hydrogen-bond donors (Lipinski definition) is 0. The Morgan fingerprint density at radius 3 is 2.15 bits per heavy atom. The van der Waals surface area contributed by atoms with Gasteiger partial charge in [-0.1, -0.05) is 68.4 Å². The summed E-state index contributed by atoms with van der Waals surface area (Å²) in [6.07, 6.45) is 0. The van der Waals surface area contributed by atoms with Crippen molar-refractivity contribution in [3.63, 3.8) is 0 Å². The second-order valence-electron chi connectivity index (χ2n) is 6.35. The van der Waals surface area contributed by atoms with Gasteiger partial charge < -0.3 is 9.80 Å². The van der Waals surface area contributed by atoms with Crippen molar-refractivity contribution >= 4 is 22.4 Å². The molecule has 0 heterocycles. The Morgan fingerprint density at radius 1 is 0.769 bits per heavy atom. The zero-order valence-corrected chi connectivity index (χ0v) is 15.6. The first-order chi connectivity index (χ1) is 12.7. The number of carbonyl (C=O) groups excluding carboxylic acids is 1. The minimum Gasteiger partial charge on any atom is -0.307 e. The zero-order valence-electron chi connectivity index (χ0n) is 15.6. The molecule has 0 aliphatic carbocycles. The molecular formula is C23H26N2O. The van der Waals surface area contributed by atoms with Crippen LogP contribution in [-0.2, 0) is 0 Å². The van der Waals surface area contributed by atoms with Crippen LogP contribution in [0.2, 0.25) is 0 Å². The van der Waals surface area contributed by atoms with E-state index in [2.05, 4.69) is 30.9 Å². The van der Waals surface area contributed by atoms with Crippen LogP contribution in [0.25, 0.3) is 10.8 Å². The van der Waals surface area contributed by atoms with E-state index >= 15 is 0 Å². The van der Waals surface area contributed by atoms with E-state index in [1.165, 1.54) is 0 Å². The second-order valence-corrected chi connectivity index (χ2v) is 6.35. The fourth-order valence-corrected chi connectivity index (χ4v) is 3.29. The number of amides is 1. The lowest BCUT2D eigenvalue weighted by atomic mass is 10.0. The maximum absolute atomic E-state index is 13.5.